The van der Waals surface area contributed by atoms with Gasteiger partial charge in [-0.05, 0) is 72.2 Å². The second-order valence-electron chi connectivity index (χ2n) is 9.71. The van der Waals surface area contributed by atoms with Crippen LogP contribution in [0, 0.1) is 5.82 Å². The van der Waals surface area contributed by atoms with E-state index in [0.717, 1.165) is 24.9 Å². The van der Waals surface area contributed by atoms with E-state index < -0.39 is 0 Å². The Labute approximate surface area is 216 Å². The van der Waals surface area contributed by atoms with E-state index in [1.54, 1.807) is 23.5 Å². The molecule has 0 saturated carbocycles. The maximum Gasteiger partial charge on any atom is 0.254 e. The Kier molecular flexibility index (Phi) is 7.21. The fourth-order valence-electron chi connectivity index (χ4n) is 5.41. The van der Waals surface area contributed by atoms with Gasteiger partial charge in [0.25, 0.3) is 5.91 Å². The summed E-state index contributed by atoms with van der Waals surface area (Å²) >= 11 is 1.73. The molecule has 2 amide bonds. The van der Waals surface area contributed by atoms with Crippen molar-refractivity contribution in [3.63, 3.8) is 0 Å². The topological polar surface area (TPSA) is 43.9 Å². The summed E-state index contributed by atoms with van der Waals surface area (Å²) in [7, 11) is 0. The Hall–Kier alpha value is -3.03. The van der Waals surface area contributed by atoms with Crippen LogP contribution in [0.1, 0.15) is 51.8 Å². The van der Waals surface area contributed by atoms with Crippen molar-refractivity contribution in [3.8, 4) is 0 Å². The van der Waals surface area contributed by atoms with E-state index in [1.807, 2.05) is 47.1 Å². The number of carbonyl (C=O) groups excluding carboxylic acids is 2. The lowest BCUT2D eigenvalue weighted by Gasteiger charge is -2.42. The number of aryl methyl sites for hydroxylation is 1. The Morgan fingerprint density at radius 3 is 2.58 bits per heavy atom. The van der Waals surface area contributed by atoms with Gasteiger partial charge in [-0.15, -0.1) is 11.3 Å². The first-order valence-corrected chi connectivity index (χ1v) is 13.6. The van der Waals surface area contributed by atoms with Crippen molar-refractivity contribution in [2.24, 2.45) is 0 Å². The molecule has 5 rings (SSSR count). The van der Waals surface area contributed by atoms with E-state index in [0.29, 0.717) is 25.2 Å². The van der Waals surface area contributed by atoms with E-state index in [9.17, 15) is 14.0 Å². The van der Waals surface area contributed by atoms with Gasteiger partial charge in [0.05, 0.1) is 12.6 Å². The van der Waals surface area contributed by atoms with Crippen LogP contribution in [0.25, 0.3) is 0 Å². The number of carbonyl (C=O) groups is 2. The lowest BCUT2D eigenvalue weighted by atomic mass is 9.93. The molecule has 2 aliphatic rings. The number of hydrogen-bond acceptors (Lipinski definition) is 4. The Bertz CT molecular complexity index is 1240. The van der Waals surface area contributed by atoms with Crippen LogP contribution in [-0.4, -0.2) is 65.3 Å². The predicted molar refractivity (Wildman–Crippen MR) is 141 cm³/mol. The highest BCUT2D eigenvalue weighted by atomic mass is 32.1. The monoisotopic (exact) mass is 505 g/mol. The maximum atomic E-state index is 14.1. The molecule has 7 heteroatoms. The van der Waals surface area contributed by atoms with E-state index in [1.165, 1.54) is 22.1 Å². The summed E-state index contributed by atoms with van der Waals surface area (Å²) in [6.45, 7) is 6.68. The van der Waals surface area contributed by atoms with Crippen molar-refractivity contribution in [2.75, 3.05) is 32.7 Å². The zero-order valence-electron chi connectivity index (χ0n) is 20.8. The molecule has 188 valence electrons. The minimum atomic E-state index is -0.264. The average Bonchev–Trinajstić information content (AvgIpc) is 3.37. The number of benzene rings is 2. The zero-order valence-corrected chi connectivity index (χ0v) is 21.6. The molecule has 36 heavy (non-hydrogen) atoms. The minimum absolute atomic E-state index is 0.0180. The van der Waals surface area contributed by atoms with Crippen LogP contribution < -0.4 is 0 Å². The second kappa shape index (κ2) is 10.5. The third-order valence-electron chi connectivity index (χ3n) is 7.42. The van der Waals surface area contributed by atoms with Crippen molar-refractivity contribution in [3.05, 3.63) is 92.9 Å². The van der Waals surface area contributed by atoms with Crippen LogP contribution in [0.15, 0.2) is 60.0 Å². The Morgan fingerprint density at radius 2 is 1.86 bits per heavy atom. The fraction of sp³-hybridized carbons (Fsp3) is 0.379. The number of fused-ring (bicyclic) bond motifs is 1. The van der Waals surface area contributed by atoms with Gasteiger partial charge < -0.3 is 9.80 Å². The molecule has 3 heterocycles. The first-order valence-electron chi connectivity index (χ1n) is 12.7. The largest absolute Gasteiger partial charge is 0.338 e. The molecule has 1 saturated heterocycles. The lowest BCUT2D eigenvalue weighted by Crippen LogP contribution is -2.57. The minimum Gasteiger partial charge on any atom is -0.338 e. The van der Waals surface area contributed by atoms with Gasteiger partial charge in [-0.2, -0.15) is 0 Å². The van der Waals surface area contributed by atoms with E-state index in [-0.39, 0.29) is 36.3 Å². The number of nitrogens with zero attached hydrogens (tertiary/aromatic N) is 3. The summed E-state index contributed by atoms with van der Waals surface area (Å²) in [6.07, 6.45) is 1.83. The smallest absolute Gasteiger partial charge is 0.254 e. The van der Waals surface area contributed by atoms with Crippen molar-refractivity contribution in [2.45, 2.75) is 38.8 Å². The number of rotatable bonds is 5. The molecule has 3 aromatic rings. The van der Waals surface area contributed by atoms with Gasteiger partial charge in [-0.3, -0.25) is 14.5 Å². The third kappa shape index (κ3) is 4.95. The first-order chi connectivity index (χ1) is 17.4. The molecular formula is C29H32FN3O2S. The standard InChI is InChI=1S/C29H32FN3O2S/c1-3-21-7-9-22(10-8-21)29(35)33-15-14-31(18-20(33)2)27(34)19-32-13-11-26-25(12-16-36-26)28(32)23-5-4-6-24(30)17-23/h4-10,12,16-17,20,28H,3,11,13-15,18-19H2,1-2H3/t20-,28+/m0/s1. The highest BCUT2D eigenvalue weighted by molar-refractivity contribution is 7.10. The fourth-order valence-corrected chi connectivity index (χ4v) is 6.32. The second-order valence-corrected chi connectivity index (χ2v) is 10.7. The van der Waals surface area contributed by atoms with Crippen LogP contribution in [0.2, 0.25) is 0 Å². The van der Waals surface area contributed by atoms with Crippen molar-refractivity contribution < 1.29 is 14.0 Å². The van der Waals surface area contributed by atoms with Crippen LogP contribution in [0.4, 0.5) is 4.39 Å². The van der Waals surface area contributed by atoms with Crippen molar-refractivity contribution >= 4 is 23.2 Å². The van der Waals surface area contributed by atoms with Gasteiger partial charge in [-0.25, -0.2) is 4.39 Å². The molecule has 0 radical (unpaired) electrons. The predicted octanol–water partition coefficient (Wildman–Crippen LogP) is 4.77. The van der Waals surface area contributed by atoms with Crippen LogP contribution in [-0.2, 0) is 17.6 Å². The molecule has 0 unspecified atom stereocenters. The van der Waals surface area contributed by atoms with Gasteiger partial charge in [0.2, 0.25) is 5.91 Å². The van der Waals surface area contributed by atoms with Gasteiger partial charge in [0, 0.05) is 42.7 Å². The molecular weight excluding hydrogens is 473 g/mol. The zero-order chi connectivity index (χ0) is 25.2. The number of halogens is 1. The molecule has 2 atom stereocenters. The molecule has 5 nitrogen and oxygen atoms in total. The van der Waals surface area contributed by atoms with Gasteiger partial charge in [-0.1, -0.05) is 31.2 Å². The summed E-state index contributed by atoms with van der Waals surface area (Å²) in [5.74, 6) is -0.189. The molecule has 2 aliphatic heterocycles. The van der Waals surface area contributed by atoms with Crippen molar-refractivity contribution in [1.29, 1.82) is 0 Å². The molecule has 1 fully saturated rings. The first kappa shape index (κ1) is 24.7. The third-order valence-corrected chi connectivity index (χ3v) is 8.42. The molecule has 0 N–H and O–H groups in total. The summed E-state index contributed by atoms with van der Waals surface area (Å²) < 4.78 is 14.1. The number of amides is 2. The Balaban J connectivity index is 1.27. The summed E-state index contributed by atoms with van der Waals surface area (Å²) in [6, 6.07) is 16.4. The van der Waals surface area contributed by atoms with E-state index >= 15 is 0 Å². The summed E-state index contributed by atoms with van der Waals surface area (Å²) in [4.78, 5) is 33.8. The average molecular weight is 506 g/mol. The molecule has 2 aromatic carbocycles. The quantitative estimate of drug-likeness (QED) is 0.502. The number of hydrogen-bond donors (Lipinski definition) is 0. The highest BCUT2D eigenvalue weighted by Crippen LogP contribution is 2.37. The normalized spacial score (nSPS) is 20.3. The van der Waals surface area contributed by atoms with Gasteiger partial charge in [0.15, 0.2) is 0 Å². The number of piperazine rings is 1. The van der Waals surface area contributed by atoms with Crippen molar-refractivity contribution in [1.82, 2.24) is 14.7 Å². The number of thiophene rings is 1. The van der Waals surface area contributed by atoms with Gasteiger partial charge in [0.1, 0.15) is 5.82 Å². The lowest BCUT2D eigenvalue weighted by molar-refractivity contribution is -0.135. The summed E-state index contributed by atoms with van der Waals surface area (Å²) in [5.41, 5.74) is 3.94. The highest BCUT2D eigenvalue weighted by Gasteiger charge is 2.34. The molecule has 1 aromatic heterocycles. The van der Waals surface area contributed by atoms with E-state index in [2.05, 4.69) is 23.3 Å². The molecule has 0 bridgehead atoms. The van der Waals surface area contributed by atoms with E-state index in [4.69, 9.17) is 0 Å². The Morgan fingerprint density at radius 1 is 1.06 bits per heavy atom. The summed E-state index contributed by atoms with van der Waals surface area (Å²) in [5, 5.41) is 2.08. The van der Waals surface area contributed by atoms with Gasteiger partial charge >= 0.3 is 0 Å². The molecule has 0 aliphatic carbocycles. The SMILES string of the molecule is CCc1ccc(C(=O)N2CCN(C(=O)CN3CCc4sccc4[C@H]3c3cccc(F)c3)C[C@@H]2C)cc1. The van der Waals surface area contributed by atoms with Crippen LogP contribution in [0.5, 0.6) is 0 Å². The van der Waals surface area contributed by atoms with Crippen LogP contribution >= 0.6 is 11.3 Å². The molecule has 0 spiro atoms. The van der Waals surface area contributed by atoms with Crippen LogP contribution in [0.3, 0.4) is 0 Å². The maximum absolute atomic E-state index is 14.1.